The van der Waals surface area contributed by atoms with Crippen molar-refractivity contribution in [2.45, 2.75) is 6.92 Å². The highest BCUT2D eigenvalue weighted by atomic mass is 16.7. The Kier molecular flexibility index (Phi) is 4.35. The van der Waals surface area contributed by atoms with E-state index in [0.717, 1.165) is 5.56 Å². The van der Waals surface area contributed by atoms with Crippen molar-refractivity contribution in [1.82, 2.24) is 0 Å². The lowest BCUT2D eigenvalue weighted by atomic mass is 10.1. The molecule has 0 spiro atoms. The molecule has 7 heteroatoms. The van der Waals surface area contributed by atoms with Crippen LogP contribution in [-0.4, -0.2) is 25.2 Å². The van der Waals surface area contributed by atoms with Gasteiger partial charge in [-0.05, 0) is 48.9 Å². The van der Waals surface area contributed by atoms with E-state index in [0.29, 0.717) is 28.4 Å². The second kappa shape index (κ2) is 6.59. The summed E-state index contributed by atoms with van der Waals surface area (Å²) in [7, 11) is 0. The number of aryl methyl sites for hydroxylation is 1. The predicted octanol–water partition coefficient (Wildman–Crippen LogP) is 1.87. The summed E-state index contributed by atoms with van der Waals surface area (Å²) in [5, 5.41) is 5.51. The zero-order chi connectivity index (χ0) is 17.1. The summed E-state index contributed by atoms with van der Waals surface area (Å²) in [4.78, 5) is 23.7. The molecule has 0 saturated carbocycles. The molecule has 0 aliphatic carbocycles. The van der Waals surface area contributed by atoms with E-state index in [2.05, 4.69) is 10.6 Å². The third-order valence-corrected chi connectivity index (χ3v) is 3.58. The molecule has 0 fully saturated rings. The predicted molar refractivity (Wildman–Crippen MR) is 89.4 cm³/mol. The first kappa shape index (κ1) is 15.8. The minimum Gasteiger partial charge on any atom is -0.454 e. The Labute approximate surface area is 138 Å². The van der Waals surface area contributed by atoms with Gasteiger partial charge in [0.1, 0.15) is 0 Å². The number of carbonyl (C=O) groups is 2. The Morgan fingerprint density at radius 1 is 1.08 bits per heavy atom. The number of anilines is 2. The molecule has 24 heavy (non-hydrogen) atoms. The molecule has 0 unspecified atom stereocenters. The number of hydrogen-bond acceptors (Lipinski definition) is 5. The Morgan fingerprint density at radius 2 is 1.88 bits per heavy atom. The number of amides is 2. The summed E-state index contributed by atoms with van der Waals surface area (Å²) in [6.07, 6.45) is 0. The minimum atomic E-state index is -0.272. The third kappa shape index (κ3) is 3.31. The van der Waals surface area contributed by atoms with E-state index in [9.17, 15) is 9.59 Å². The van der Waals surface area contributed by atoms with E-state index in [1.807, 2.05) is 6.92 Å². The van der Waals surface area contributed by atoms with Crippen LogP contribution in [0.4, 0.5) is 11.4 Å². The Balaban J connectivity index is 1.73. The second-order valence-electron chi connectivity index (χ2n) is 5.30. The number of fused-ring (bicyclic) bond motifs is 1. The average molecular weight is 327 g/mol. The topological polar surface area (TPSA) is 103 Å². The maximum absolute atomic E-state index is 12.4. The highest BCUT2D eigenvalue weighted by Gasteiger charge is 2.16. The number of benzene rings is 2. The number of ether oxygens (including phenoxy) is 2. The van der Waals surface area contributed by atoms with Crippen LogP contribution < -0.4 is 25.8 Å². The number of nitrogens with one attached hydrogen (secondary N) is 2. The van der Waals surface area contributed by atoms with Gasteiger partial charge in [0.25, 0.3) is 5.91 Å². The van der Waals surface area contributed by atoms with E-state index in [4.69, 9.17) is 15.2 Å². The average Bonchev–Trinajstić information content (AvgIpc) is 3.04. The van der Waals surface area contributed by atoms with Crippen LogP contribution in [0.5, 0.6) is 11.5 Å². The maximum Gasteiger partial charge on any atom is 0.255 e. The van der Waals surface area contributed by atoms with Gasteiger partial charge >= 0.3 is 0 Å². The summed E-state index contributed by atoms with van der Waals surface area (Å²) in [5.74, 6) is 0.656. The minimum absolute atomic E-state index is 0.0817. The number of rotatable bonds is 4. The molecule has 2 aromatic carbocycles. The Hall–Kier alpha value is -3.06. The lowest BCUT2D eigenvalue weighted by molar-refractivity contribution is -0.114. The normalized spacial score (nSPS) is 11.9. The zero-order valence-corrected chi connectivity index (χ0v) is 13.1. The quantitative estimate of drug-likeness (QED) is 0.795. The Morgan fingerprint density at radius 3 is 2.62 bits per heavy atom. The number of carbonyl (C=O) groups excluding carboxylic acids is 2. The van der Waals surface area contributed by atoms with Crippen LogP contribution in [0.3, 0.4) is 0 Å². The van der Waals surface area contributed by atoms with Crippen LogP contribution in [0.1, 0.15) is 15.9 Å². The molecule has 0 aromatic heterocycles. The fourth-order valence-electron chi connectivity index (χ4n) is 2.33. The van der Waals surface area contributed by atoms with Crippen molar-refractivity contribution in [3.05, 3.63) is 47.5 Å². The highest BCUT2D eigenvalue weighted by molar-refractivity contribution is 6.05. The Bertz CT molecular complexity index is 804. The molecule has 0 atom stereocenters. The molecular weight excluding hydrogens is 310 g/mol. The van der Waals surface area contributed by atoms with Crippen molar-refractivity contribution >= 4 is 23.2 Å². The van der Waals surface area contributed by atoms with Crippen LogP contribution in [0, 0.1) is 6.92 Å². The smallest absolute Gasteiger partial charge is 0.255 e. The largest absolute Gasteiger partial charge is 0.454 e. The van der Waals surface area contributed by atoms with Gasteiger partial charge in [-0.2, -0.15) is 0 Å². The molecule has 1 aliphatic rings. The summed E-state index contributed by atoms with van der Waals surface area (Å²) in [5.41, 5.74) is 7.84. The fourth-order valence-corrected chi connectivity index (χ4v) is 2.33. The molecule has 1 aliphatic heterocycles. The van der Waals surface area contributed by atoms with E-state index >= 15 is 0 Å². The molecule has 0 radical (unpaired) electrons. The first-order chi connectivity index (χ1) is 11.6. The monoisotopic (exact) mass is 327 g/mol. The molecule has 4 N–H and O–H groups in total. The lowest BCUT2D eigenvalue weighted by Gasteiger charge is -2.11. The molecule has 1 heterocycles. The van der Waals surface area contributed by atoms with Crippen LogP contribution in [-0.2, 0) is 4.79 Å². The molecule has 0 saturated heterocycles. The summed E-state index contributed by atoms with van der Waals surface area (Å²) in [6.45, 7) is 1.92. The van der Waals surface area contributed by atoms with Gasteiger partial charge in [-0.1, -0.05) is 0 Å². The third-order valence-electron chi connectivity index (χ3n) is 3.58. The van der Waals surface area contributed by atoms with Gasteiger partial charge in [-0.25, -0.2) is 0 Å². The molecule has 7 nitrogen and oxygen atoms in total. The zero-order valence-electron chi connectivity index (χ0n) is 13.1. The van der Waals surface area contributed by atoms with E-state index in [1.165, 1.54) is 0 Å². The standard InChI is InChI=1S/C17H17N3O4/c1-10-6-12(19-16(21)8-18)3-4-13(10)20-17(22)11-2-5-14-15(7-11)24-9-23-14/h2-7H,8-9,18H2,1H3,(H,19,21)(H,20,22). The van der Waals surface area contributed by atoms with Gasteiger partial charge < -0.3 is 25.8 Å². The van der Waals surface area contributed by atoms with Gasteiger partial charge in [0.2, 0.25) is 12.7 Å². The maximum atomic E-state index is 12.4. The molecule has 3 rings (SSSR count). The molecule has 124 valence electrons. The SMILES string of the molecule is Cc1cc(NC(=O)CN)ccc1NC(=O)c1ccc2c(c1)OCO2. The van der Waals surface area contributed by atoms with Crippen LogP contribution >= 0.6 is 0 Å². The van der Waals surface area contributed by atoms with Crippen molar-refractivity contribution in [2.75, 3.05) is 24.0 Å². The summed E-state index contributed by atoms with van der Waals surface area (Å²) < 4.78 is 10.5. The van der Waals surface area contributed by atoms with Gasteiger partial charge in [-0.3, -0.25) is 9.59 Å². The second-order valence-corrected chi connectivity index (χ2v) is 5.30. The molecule has 2 aromatic rings. The highest BCUT2D eigenvalue weighted by Crippen LogP contribution is 2.32. The first-order valence-corrected chi connectivity index (χ1v) is 7.38. The first-order valence-electron chi connectivity index (χ1n) is 7.38. The summed E-state index contributed by atoms with van der Waals surface area (Å²) in [6, 6.07) is 10.2. The lowest BCUT2D eigenvalue weighted by Crippen LogP contribution is -2.21. The van der Waals surface area contributed by atoms with E-state index in [-0.39, 0.29) is 25.2 Å². The molecule has 2 amide bonds. The molecular formula is C17H17N3O4. The van der Waals surface area contributed by atoms with E-state index < -0.39 is 0 Å². The van der Waals surface area contributed by atoms with Gasteiger partial charge in [0, 0.05) is 16.9 Å². The molecule has 0 bridgehead atoms. The number of nitrogens with two attached hydrogens (primary N) is 1. The van der Waals surface area contributed by atoms with Crippen molar-refractivity contribution in [1.29, 1.82) is 0 Å². The fraction of sp³-hybridized carbons (Fsp3) is 0.176. The number of hydrogen-bond donors (Lipinski definition) is 3. The van der Waals surface area contributed by atoms with Crippen LogP contribution in [0.15, 0.2) is 36.4 Å². The van der Waals surface area contributed by atoms with Gasteiger partial charge in [0.05, 0.1) is 6.54 Å². The van der Waals surface area contributed by atoms with Crippen molar-refractivity contribution in [3.8, 4) is 11.5 Å². The van der Waals surface area contributed by atoms with Crippen molar-refractivity contribution in [2.24, 2.45) is 5.73 Å². The summed E-state index contributed by atoms with van der Waals surface area (Å²) >= 11 is 0. The van der Waals surface area contributed by atoms with Gasteiger partial charge in [-0.15, -0.1) is 0 Å². The van der Waals surface area contributed by atoms with Gasteiger partial charge in [0.15, 0.2) is 11.5 Å². The van der Waals surface area contributed by atoms with Crippen LogP contribution in [0.2, 0.25) is 0 Å². The van der Waals surface area contributed by atoms with Crippen molar-refractivity contribution < 1.29 is 19.1 Å². The van der Waals surface area contributed by atoms with Crippen molar-refractivity contribution in [3.63, 3.8) is 0 Å². The van der Waals surface area contributed by atoms with Crippen LogP contribution in [0.25, 0.3) is 0 Å². The van der Waals surface area contributed by atoms with E-state index in [1.54, 1.807) is 36.4 Å².